The standard InChI is InChI=1S/C9H14O2.C5H8O2/c1-2-9(10)11-8-6-4-3-5-7-8;1-3-5(6)7-4-2/h2,8H,1,3-7H2;3H,1,4H2,2H3. The molecule has 0 unspecified atom stereocenters. The molecule has 0 heterocycles. The second-order valence-corrected chi connectivity index (χ2v) is 3.86. The highest BCUT2D eigenvalue weighted by Crippen LogP contribution is 2.20. The molecule has 0 atom stereocenters. The van der Waals surface area contributed by atoms with Crippen LogP contribution in [0.15, 0.2) is 25.3 Å². The van der Waals surface area contributed by atoms with Gasteiger partial charge in [-0.05, 0) is 32.6 Å². The Labute approximate surface area is 109 Å². The zero-order valence-corrected chi connectivity index (χ0v) is 11.0. The molecule has 0 saturated heterocycles. The van der Waals surface area contributed by atoms with E-state index in [9.17, 15) is 9.59 Å². The quantitative estimate of drug-likeness (QED) is 0.572. The highest BCUT2D eigenvalue weighted by molar-refractivity contribution is 5.81. The molecule has 102 valence electrons. The Morgan fingerprint density at radius 1 is 1.11 bits per heavy atom. The van der Waals surface area contributed by atoms with E-state index >= 15 is 0 Å². The van der Waals surface area contributed by atoms with E-state index in [4.69, 9.17) is 4.74 Å². The number of hydrogen-bond donors (Lipinski definition) is 0. The van der Waals surface area contributed by atoms with Crippen molar-refractivity contribution in [1.29, 1.82) is 0 Å². The number of rotatable bonds is 4. The van der Waals surface area contributed by atoms with Crippen LogP contribution in [-0.4, -0.2) is 24.6 Å². The normalized spacial score (nSPS) is 14.7. The monoisotopic (exact) mass is 254 g/mol. The fourth-order valence-electron chi connectivity index (χ4n) is 1.60. The number of carbonyl (C=O) groups is 2. The minimum atomic E-state index is -0.359. The lowest BCUT2D eigenvalue weighted by atomic mass is 9.98. The third kappa shape index (κ3) is 8.56. The van der Waals surface area contributed by atoms with E-state index in [-0.39, 0.29) is 18.0 Å². The maximum absolute atomic E-state index is 10.7. The second-order valence-electron chi connectivity index (χ2n) is 3.86. The van der Waals surface area contributed by atoms with Gasteiger partial charge in [-0.2, -0.15) is 0 Å². The van der Waals surface area contributed by atoms with Gasteiger partial charge in [-0.25, -0.2) is 9.59 Å². The summed E-state index contributed by atoms with van der Waals surface area (Å²) in [6.07, 6.45) is 8.25. The Bertz CT molecular complexity index is 278. The van der Waals surface area contributed by atoms with Crippen molar-refractivity contribution in [2.45, 2.75) is 45.1 Å². The van der Waals surface area contributed by atoms with Crippen molar-refractivity contribution >= 4 is 11.9 Å². The molecule has 0 spiro atoms. The van der Waals surface area contributed by atoms with Gasteiger partial charge in [0.1, 0.15) is 6.10 Å². The molecule has 0 aromatic heterocycles. The van der Waals surface area contributed by atoms with Crippen LogP contribution >= 0.6 is 0 Å². The molecule has 0 radical (unpaired) electrons. The minimum Gasteiger partial charge on any atom is -0.463 e. The zero-order chi connectivity index (χ0) is 13.8. The summed E-state index contributed by atoms with van der Waals surface area (Å²) in [7, 11) is 0. The Morgan fingerprint density at radius 3 is 2.06 bits per heavy atom. The lowest BCUT2D eigenvalue weighted by Crippen LogP contribution is -2.19. The van der Waals surface area contributed by atoms with Crippen LogP contribution in [-0.2, 0) is 19.1 Å². The molecule has 0 bridgehead atoms. The lowest BCUT2D eigenvalue weighted by Gasteiger charge is -2.20. The SMILES string of the molecule is C=CC(=O)OC1CCCCC1.C=CC(=O)OCC. The van der Waals surface area contributed by atoms with Gasteiger partial charge in [0.15, 0.2) is 0 Å². The first-order chi connectivity index (χ1) is 8.63. The summed E-state index contributed by atoms with van der Waals surface area (Å²) >= 11 is 0. The number of ether oxygens (including phenoxy) is 2. The first-order valence-electron chi connectivity index (χ1n) is 6.26. The van der Waals surface area contributed by atoms with Crippen LogP contribution in [0.4, 0.5) is 0 Å². The summed E-state index contributed by atoms with van der Waals surface area (Å²) in [5.41, 5.74) is 0. The summed E-state index contributed by atoms with van der Waals surface area (Å²) in [5, 5.41) is 0. The second kappa shape index (κ2) is 10.6. The summed E-state index contributed by atoms with van der Waals surface area (Å²) in [6.45, 7) is 8.73. The molecule has 0 aromatic carbocycles. The van der Waals surface area contributed by atoms with Crippen LogP contribution in [0.3, 0.4) is 0 Å². The topological polar surface area (TPSA) is 52.6 Å². The van der Waals surface area contributed by atoms with E-state index < -0.39 is 0 Å². The van der Waals surface area contributed by atoms with Crippen molar-refractivity contribution in [2.24, 2.45) is 0 Å². The summed E-state index contributed by atoms with van der Waals surface area (Å²) in [6, 6.07) is 0. The van der Waals surface area contributed by atoms with Crippen LogP contribution in [0.2, 0.25) is 0 Å². The van der Waals surface area contributed by atoms with E-state index in [1.165, 1.54) is 25.3 Å². The van der Waals surface area contributed by atoms with Crippen molar-refractivity contribution in [3.63, 3.8) is 0 Å². The van der Waals surface area contributed by atoms with Gasteiger partial charge in [0, 0.05) is 12.2 Å². The molecule has 1 fully saturated rings. The number of carbonyl (C=O) groups excluding carboxylic acids is 2. The maximum atomic E-state index is 10.7. The van der Waals surface area contributed by atoms with Crippen molar-refractivity contribution in [1.82, 2.24) is 0 Å². The Kier molecular flexibility index (Phi) is 9.64. The van der Waals surface area contributed by atoms with Crippen LogP contribution in [0.1, 0.15) is 39.0 Å². The number of esters is 2. The predicted molar refractivity (Wildman–Crippen MR) is 70.0 cm³/mol. The Morgan fingerprint density at radius 2 is 1.67 bits per heavy atom. The highest BCUT2D eigenvalue weighted by Gasteiger charge is 2.15. The Balaban J connectivity index is 0.000000360. The zero-order valence-electron chi connectivity index (χ0n) is 11.0. The highest BCUT2D eigenvalue weighted by atomic mass is 16.5. The van der Waals surface area contributed by atoms with Gasteiger partial charge >= 0.3 is 11.9 Å². The third-order valence-corrected chi connectivity index (χ3v) is 2.45. The summed E-state index contributed by atoms with van der Waals surface area (Å²) < 4.78 is 9.52. The predicted octanol–water partition coefficient (Wildman–Crippen LogP) is 2.78. The van der Waals surface area contributed by atoms with Crippen LogP contribution < -0.4 is 0 Å². The molecule has 0 aliphatic heterocycles. The molecule has 0 N–H and O–H groups in total. The fraction of sp³-hybridized carbons (Fsp3) is 0.571. The molecule has 0 amide bonds. The van der Waals surface area contributed by atoms with Gasteiger partial charge in [-0.3, -0.25) is 0 Å². The van der Waals surface area contributed by atoms with Crippen LogP contribution in [0.5, 0.6) is 0 Å². The van der Waals surface area contributed by atoms with Crippen molar-refractivity contribution in [2.75, 3.05) is 6.61 Å². The van der Waals surface area contributed by atoms with E-state index in [0.717, 1.165) is 18.9 Å². The fourth-order valence-corrected chi connectivity index (χ4v) is 1.60. The molecular weight excluding hydrogens is 232 g/mol. The molecule has 4 nitrogen and oxygen atoms in total. The molecule has 0 aromatic rings. The maximum Gasteiger partial charge on any atom is 0.330 e. The molecular formula is C14H22O4. The van der Waals surface area contributed by atoms with Gasteiger partial charge < -0.3 is 9.47 Å². The van der Waals surface area contributed by atoms with E-state index in [1.54, 1.807) is 6.92 Å². The van der Waals surface area contributed by atoms with Gasteiger partial charge in [-0.1, -0.05) is 19.6 Å². The average molecular weight is 254 g/mol. The molecule has 1 saturated carbocycles. The molecule has 18 heavy (non-hydrogen) atoms. The first kappa shape index (κ1) is 16.4. The van der Waals surface area contributed by atoms with E-state index in [2.05, 4.69) is 17.9 Å². The molecule has 1 aliphatic carbocycles. The average Bonchev–Trinajstić information content (AvgIpc) is 2.40. The van der Waals surface area contributed by atoms with E-state index in [0.29, 0.717) is 6.61 Å². The van der Waals surface area contributed by atoms with E-state index in [1.807, 2.05) is 0 Å². The van der Waals surface area contributed by atoms with Gasteiger partial charge in [-0.15, -0.1) is 0 Å². The van der Waals surface area contributed by atoms with Crippen LogP contribution in [0, 0.1) is 0 Å². The first-order valence-corrected chi connectivity index (χ1v) is 6.26. The van der Waals surface area contributed by atoms with Crippen molar-refractivity contribution in [3.05, 3.63) is 25.3 Å². The third-order valence-electron chi connectivity index (χ3n) is 2.45. The van der Waals surface area contributed by atoms with Gasteiger partial charge in [0.2, 0.25) is 0 Å². The van der Waals surface area contributed by atoms with Crippen molar-refractivity contribution in [3.8, 4) is 0 Å². The smallest absolute Gasteiger partial charge is 0.330 e. The summed E-state index contributed by atoms with van der Waals surface area (Å²) in [5.74, 6) is -0.639. The Hall–Kier alpha value is -1.58. The molecule has 4 heteroatoms. The number of hydrogen-bond acceptors (Lipinski definition) is 4. The lowest BCUT2D eigenvalue weighted by molar-refractivity contribution is -0.144. The largest absolute Gasteiger partial charge is 0.463 e. The minimum absolute atomic E-state index is 0.161. The van der Waals surface area contributed by atoms with Gasteiger partial charge in [0.05, 0.1) is 6.61 Å². The van der Waals surface area contributed by atoms with Gasteiger partial charge in [0.25, 0.3) is 0 Å². The molecule has 1 aliphatic rings. The van der Waals surface area contributed by atoms with Crippen molar-refractivity contribution < 1.29 is 19.1 Å². The molecule has 1 rings (SSSR count). The van der Waals surface area contributed by atoms with Crippen LogP contribution in [0.25, 0.3) is 0 Å². The summed E-state index contributed by atoms with van der Waals surface area (Å²) in [4.78, 5) is 20.8.